The highest BCUT2D eigenvalue weighted by Gasteiger charge is 2.34. The highest BCUT2D eigenvalue weighted by atomic mass is 35.7. The number of nitrogens with zero attached hydrogens (tertiary/aromatic N) is 3. The maximum Gasteiger partial charge on any atom is 0.229 e. The van der Waals surface area contributed by atoms with E-state index in [-0.39, 0.29) is 29.8 Å². The van der Waals surface area contributed by atoms with Crippen LogP contribution in [0.3, 0.4) is 0 Å². The van der Waals surface area contributed by atoms with Crippen LogP contribution in [0.4, 0.5) is 11.4 Å². The minimum atomic E-state index is -3.19. The third-order valence-corrected chi connectivity index (χ3v) is 12.6. The summed E-state index contributed by atoms with van der Waals surface area (Å²) in [5, 5.41) is 3.44. The lowest BCUT2D eigenvalue weighted by Gasteiger charge is -2.37. The fraction of sp³-hybridized carbons (Fsp3) is 0.667. The summed E-state index contributed by atoms with van der Waals surface area (Å²) in [4.78, 5) is 28.2. The van der Waals surface area contributed by atoms with Gasteiger partial charge < -0.3 is 24.6 Å². The zero-order chi connectivity index (χ0) is 42.1. The predicted molar refractivity (Wildman–Crippen MR) is 230 cm³/mol. The van der Waals surface area contributed by atoms with E-state index < -0.39 is 19.1 Å². The summed E-state index contributed by atoms with van der Waals surface area (Å²) in [7, 11) is -1.83. The van der Waals surface area contributed by atoms with Crippen LogP contribution in [-0.2, 0) is 41.5 Å². The topological polar surface area (TPSA) is 143 Å². The summed E-state index contributed by atoms with van der Waals surface area (Å²) >= 11 is 0. The lowest BCUT2D eigenvalue weighted by Crippen LogP contribution is -2.41. The molecule has 2 aromatic rings. The molecule has 2 atom stereocenters. The molecule has 57 heavy (non-hydrogen) atoms. The number of halogens is 1. The van der Waals surface area contributed by atoms with Crippen molar-refractivity contribution in [3.8, 4) is 11.5 Å². The summed E-state index contributed by atoms with van der Waals surface area (Å²) in [6.45, 7) is 16.4. The van der Waals surface area contributed by atoms with Gasteiger partial charge in [0.25, 0.3) is 0 Å². The van der Waals surface area contributed by atoms with Gasteiger partial charge in [0.05, 0.1) is 37.1 Å². The Labute approximate surface area is 346 Å². The lowest BCUT2D eigenvalue weighted by atomic mass is 9.85. The number of anilines is 2. The van der Waals surface area contributed by atoms with E-state index in [9.17, 15) is 26.4 Å². The second kappa shape index (κ2) is 20.9. The van der Waals surface area contributed by atoms with Crippen LogP contribution in [0.1, 0.15) is 127 Å². The van der Waals surface area contributed by atoms with Gasteiger partial charge in [-0.05, 0) is 126 Å². The molecular weight excluding hydrogens is 788 g/mol. The van der Waals surface area contributed by atoms with Crippen molar-refractivity contribution in [3.05, 3.63) is 46.5 Å². The summed E-state index contributed by atoms with van der Waals surface area (Å²) < 4.78 is 56.5. The minimum absolute atomic E-state index is 0.0594. The van der Waals surface area contributed by atoms with Crippen LogP contribution in [0.2, 0.25) is 0 Å². The molecule has 2 aromatic carbocycles. The number of hydrogen-bond acceptors (Lipinski definition) is 9. The normalized spacial score (nSPS) is 20.6. The van der Waals surface area contributed by atoms with Gasteiger partial charge in [0.1, 0.15) is 11.5 Å². The number of carbonyl (C=O) groups excluding carboxylic acids is 2. The van der Waals surface area contributed by atoms with Crippen LogP contribution >= 0.6 is 10.7 Å². The van der Waals surface area contributed by atoms with Crippen molar-refractivity contribution in [1.29, 1.82) is 0 Å². The van der Waals surface area contributed by atoms with Gasteiger partial charge in [-0.25, -0.2) is 21.1 Å². The number of piperidine rings is 2. The molecular formula is C42H65ClN4O8S2. The van der Waals surface area contributed by atoms with Crippen LogP contribution in [0.15, 0.2) is 24.3 Å². The van der Waals surface area contributed by atoms with Crippen LogP contribution in [0.25, 0.3) is 0 Å². The molecule has 0 radical (unpaired) electrons. The number of benzene rings is 2. The van der Waals surface area contributed by atoms with E-state index >= 15 is 0 Å². The monoisotopic (exact) mass is 852 g/mol. The maximum atomic E-state index is 12.2. The summed E-state index contributed by atoms with van der Waals surface area (Å²) in [5.74, 6) is 3.02. The number of carbonyl (C=O) groups is 2. The average molecular weight is 854 g/mol. The zero-order valence-electron chi connectivity index (χ0n) is 35.2. The molecule has 12 nitrogen and oxygen atoms in total. The van der Waals surface area contributed by atoms with E-state index in [1.807, 2.05) is 9.80 Å². The number of amides is 2. The van der Waals surface area contributed by atoms with Crippen molar-refractivity contribution in [2.24, 2.45) is 0 Å². The predicted octanol–water partition coefficient (Wildman–Crippen LogP) is 7.12. The maximum absolute atomic E-state index is 12.2. The number of ether oxygens (including phenoxy) is 2. The molecule has 6 rings (SSSR count). The number of nitrogens with one attached hydrogen (secondary N) is 1. The fourth-order valence-electron chi connectivity index (χ4n) is 8.63. The summed E-state index contributed by atoms with van der Waals surface area (Å²) in [6.07, 6.45) is 11.9. The molecule has 15 heteroatoms. The molecule has 0 unspecified atom stereocenters. The molecule has 2 fully saturated rings. The Hall–Kier alpha value is -2.91. The van der Waals surface area contributed by atoms with Gasteiger partial charge in [-0.3, -0.25) is 9.59 Å². The van der Waals surface area contributed by atoms with Crippen molar-refractivity contribution < 1.29 is 35.9 Å². The van der Waals surface area contributed by atoms with E-state index in [2.05, 4.69) is 68.0 Å². The van der Waals surface area contributed by atoms with E-state index in [4.69, 9.17) is 9.47 Å². The highest BCUT2D eigenvalue weighted by Crippen LogP contribution is 2.45. The highest BCUT2D eigenvalue weighted by molar-refractivity contribution is 8.13. The molecule has 1 N–H and O–H groups in total. The first kappa shape index (κ1) is 46.8. The van der Waals surface area contributed by atoms with E-state index in [1.165, 1.54) is 22.9 Å². The Bertz CT molecular complexity index is 1900. The summed E-state index contributed by atoms with van der Waals surface area (Å²) in [5.41, 5.74) is 6.91. The van der Waals surface area contributed by atoms with Crippen LogP contribution in [0, 0.1) is 0 Å². The SMILES string of the molecule is CCCOc1c(C2CCN(S(C)(=O)=O)CC2)ccc2c1CC[C@H](C)N2C(C)=O.CCCOc1c(C2CCNCC2)ccc2c1CC[C@H](C)N2C(C)=O.CS(=O)(=O)Cl. The molecule has 0 spiro atoms. The van der Waals surface area contributed by atoms with Gasteiger partial charge >= 0.3 is 0 Å². The number of fused-ring (bicyclic) bond motifs is 2. The molecule has 0 bridgehead atoms. The Morgan fingerprint density at radius 2 is 1.09 bits per heavy atom. The van der Waals surface area contributed by atoms with Gasteiger partial charge in [-0.15, -0.1) is 0 Å². The van der Waals surface area contributed by atoms with Gasteiger partial charge in [-0.1, -0.05) is 26.0 Å². The summed E-state index contributed by atoms with van der Waals surface area (Å²) in [6, 6.07) is 8.98. The van der Waals surface area contributed by atoms with Crippen molar-refractivity contribution >= 4 is 52.9 Å². The van der Waals surface area contributed by atoms with E-state index in [0.717, 1.165) is 119 Å². The van der Waals surface area contributed by atoms with Crippen molar-refractivity contribution in [2.45, 2.75) is 130 Å². The molecule has 4 heterocycles. The molecule has 2 saturated heterocycles. The Kier molecular flexibility index (Phi) is 17.1. The van der Waals surface area contributed by atoms with E-state index in [0.29, 0.717) is 25.6 Å². The standard InChI is InChI=1S/C21H32N2O4S.C20H30N2O2.CH3ClO2S/c1-5-14-27-21-18(17-10-12-22(13-11-17)28(4,25)26)8-9-20-19(21)7-6-15(2)23(20)16(3)24;1-4-13-24-20-17(16-9-11-21-12-10-16)7-8-19-18(20)6-5-14(2)22(19)15(3)23;1-5(2,3)4/h8-9,15,17H,5-7,10-14H2,1-4H3;7-8,14,16,21H,4-6,9-13H2,1-3H3;1H3/t15-;14-;/m00./s1. The molecule has 0 aliphatic carbocycles. The molecule has 4 aliphatic rings. The smallest absolute Gasteiger partial charge is 0.229 e. The van der Waals surface area contributed by atoms with Gasteiger partial charge in [-0.2, -0.15) is 0 Å². The van der Waals surface area contributed by atoms with E-state index in [1.54, 1.807) is 18.2 Å². The third-order valence-electron chi connectivity index (χ3n) is 11.3. The van der Waals surface area contributed by atoms with Crippen molar-refractivity contribution in [2.75, 3.05) is 61.7 Å². The molecule has 0 saturated carbocycles. The first-order valence-electron chi connectivity index (χ1n) is 20.6. The first-order chi connectivity index (χ1) is 26.9. The van der Waals surface area contributed by atoms with Gasteiger partial charge in [0.2, 0.25) is 30.9 Å². The lowest BCUT2D eigenvalue weighted by molar-refractivity contribution is -0.117. The average Bonchev–Trinajstić information content (AvgIpc) is 3.15. The number of rotatable bonds is 9. The minimum Gasteiger partial charge on any atom is -0.493 e. The molecule has 4 aliphatic heterocycles. The van der Waals surface area contributed by atoms with Gasteiger partial charge in [0.15, 0.2) is 0 Å². The quantitative estimate of drug-likeness (QED) is 0.261. The fourth-order valence-corrected chi connectivity index (χ4v) is 9.50. The Morgan fingerprint density at radius 3 is 1.44 bits per heavy atom. The Balaban J connectivity index is 0.000000228. The van der Waals surface area contributed by atoms with Crippen molar-refractivity contribution in [1.82, 2.24) is 9.62 Å². The molecule has 320 valence electrons. The first-order valence-corrected chi connectivity index (χ1v) is 25.2. The van der Waals surface area contributed by atoms with Gasteiger partial charge in [0, 0.05) is 60.8 Å². The Morgan fingerprint density at radius 1 is 0.702 bits per heavy atom. The zero-order valence-corrected chi connectivity index (χ0v) is 37.6. The van der Waals surface area contributed by atoms with Crippen LogP contribution in [-0.4, -0.2) is 96.9 Å². The van der Waals surface area contributed by atoms with Crippen LogP contribution in [0.5, 0.6) is 11.5 Å². The second-order valence-corrected chi connectivity index (χ2v) is 20.9. The molecule has 2 amide bonds. The second-order valence-electron chi connectivity index (χ2n) is 15.9. The van der Waals surface area contributed by atoms with Crippen LogP contribution < -0.4 is 24.6 Å². The third kappa shape index (κ3) is 12.5. The molecule has 0 aromatic heterocycles. The number of hydrogen-bond donors (Lipinski definition) is 1. The van der Waals surface area contributed by atoms with Crippen molar-refractivity contribution in [3.63, 3.8) is 0 Å². The number of sulfonamides is 1. The largest absolute Gasteiger partial charge is 0.493 e.